The molecule has 6 heteroatoms. The van der Waals surface area contributed by atoms with Gasteiger partial charge in [0.15, 0.2) is 5.78 Å². The molecule has 2 aromatic heterocycles. The number of para-hydroxylation sites is 1. The van der Waals surface area contributed by atoms with Gasteiger partial charge in [0.25, 0.3) is 0 Å². The van der Waals surface area contributed by atoms with Crippen molar-refractivity contribution >= 4 is 33.6 Å². The monoisotopic (exact) mass is 471 g/mol. The summed E-state index contributed by atoms with van der Waals surface area (Å²) in [5.41, 5.74) is 1.69. The molecule has 4 aliphatic carbocycles. The van der Waals surface area contributed by atoms with Crippen molar-refractivity contribution in [2.24, 2.45) is 16.2 Å². The molecule has 0 spiro atoms. The lowest BCUT2D eigenvalue weighted by molar-refractivity contribution is -0.251. The maximum absolute atomic E-state index is 14.5. The van der Waals surface area contributed by atoms with E-state index in [-0.39, 0.29) is 28.0 Å². The van der Waals surface area contributed by atoms with Crippen LogP contribution in [0.5, 0.6) is 0 Å². The summed E-state index contributed by atoms with van der Waals surface area (Å²) in [6, 6.07) is 14.6. The maximum atomic E-state index is 14.5. The zero-order chi connectivity index (χ0) is 24.0. The molecular weight excluding hydrogens is 445 g/mol. The van der Waals surface area contributed by atoms with Crippen LogP contribution in [0.15, 0.2) is 59.1 Å². The van der Waals surface area contributed by atoms with Crippen LogP contribution in [0.3, 0.4) is 0 Å². The zero-order valence-corrected chi connectivity index (χ0v) is 19.6. The van der Waals surface area contributed by atoms with Crippen molar-refractivity contribution in [3.8, 4) is 0 Å². The van der Waals surface area contributed by atoms with Gasteiger partial charge in [0.05, 0.1) is 24.6 Å². The number of benzene rings is 2. The van der Waals surface area contributed by atoms with E-state index in [2.05, 4.69) is 0 Å². The molecule has 8 rings (SSSR count). The topological polar surface area (TPSA) is 61.4 Å². The lowest BCUT2D eigenvalue weighted by Crippen LogP contribution is -2.69. The number of ether oxygens (including phenoxy) is 1. The molecule has 4 saturated carbocycles. The van der Waals surface area contributed by atoms with E-state index >= 15 is 0 Å². The molecule has 0 unspecified atom stereocenters. The molecule has 178 valence electrons. The van der Waals surface area contributed by atoms with Crippen molar-refractivity contribution < 1.29 is 23.1 Å². The molecule has 0 aliphatic heterocycles. The number of carbonyl (C=O) groups excluding carboxylic acids is 2. The number of hydrogen-bond acceptors (Lipinski definition) is 4. The largest absolute Gasteiger partial charge is 0.469 e. The Morgan fingerprint density at radius 3 is 2.54 bits per heavy atom. The fraction of sp³-hybridized carbons (Fsp3) is 0.379. The fourth-order valence-electron chi connectivity index (χ4n) is 7.17. The number of rotatable bonds is 7. The van der Waals surface area contributed by atoms with Crippen LogP contribution < -0.4 is 0 Å². The summed E-state index contributed by atoms with van der Waals surface area (Å²) < 4.78 is 27.5. The van der Waals surface area contributed by atoms with Gasteiger partial charge in [-0.05, 0) is 73.3 Å². The van der Waals surface area contributed by atoms with Gasteiger partial charge in [-0.15, -0.1) is 0 Å². The minimum Gasteiger partial charge on any atom is -0.469 e. The average molecular weight is 472 g/mol. The Kier molecular flexibility index (Phi) is 4.09. The highest BCUT2D eigenvalue weighted by Crippen LogP contribution is 2.85. The first-order valence-corrected chi connectivity index (χ1v) is 12.2. The van der Waals surface area contributed by atoms with E-state index in [4.69, 9.17) is 9.15 Å². The molecule has 2 heterocycles. The molecule has 4 aromatic rings. The van der Waals surface area contributed by atoms with Gasteiger partial charge in [0.1, 0.15) is 17.2 Å². The van der Waals surface area contributed by atoms with Gasteiger partial charge in [-0.2, -0.15) is 0 Å². The molecule has 0 radical (unpaired) electrons. The minimum absolute atomic E-state index is 0.0200. The van der Waals surface area contributed by atoms with E-state index in [1.54, 1.807) is 0 Å². The lowest BCUT2D eigenvalue weighted by atomic mass is 9.30. The van der Waals surface area contributed by atoms with Gasteiger partial charge in [-0.1, -0.05) is 18.2 Å². The molecule has 2 bridgehead atoms. The van der Waals surface area contributed by atoms with Crippen LogP contribution in [-0.4, -0.2) is 23.4 Å². The average Bonchev–Trinajstić information content (AvgIpc) is 3.25. The zero-order valence-electron chi connectivity index (χ0n) is 19.6. The first-order valence-electron chi connectivity index (χ1n) is 12.2. The van der Waals surface area contributed by atoms with Crippen LogP contribution in [0.1, 0.15) is 54.6 Å². The SMILES string of the molecule is COC(=O)C12CC(C3(CC(=O)c4cc(F)cc5ccn(Cc6cc7ccccc7o6)c45)CC3)(C1)C2. The van der Waals surface area contributed by atoms with Gasteiger partial charge in [-0.25, -0.2) is 4.39 Å². The van der Waals surface area contributed by atoms with Crippen LogP contribution in [-0.2, 0) is 16.1 Å². The number of halogens is 1. The second kappa shape index (κ2) is 6.84. The van der Waals surface area contributed by atoms with E-state index in [1.807, 2.05) is 47.2 Å². The molecule has 2 aromatic carbocycles. The Morgan fingerprint density at radius 1 is 1.06 bits per heavy atom. The van der Waals surface area contributed by atoms with Crippen molar-refractivity contribution in [2.75, 3.05) is 7.11 Å². The summed E-state index contributed by atoms with van der Waals surface area (Å²) in [5.74, 6) is 0.250. The quantitative estimate of drug-likeness (QED) is 0.235. The summed E-state index contributed by atoms with van der Waals surface area (Å²) in [4.78, 5) is 25.8. The van der Waals surface area contributed by atoms with Crippen LogP contribution in [0, 0.1) is 22.1 Å². The summed E-state index contributed by atoms with van der Waals surface area (Å²) >= 11 is 0. The van der Waals surface area contributed by atoms with Crippen molar-refractivity contribution in [3.05, 3.63) is 71.9 Å². The van der Waals surface area contributed by atoms with E-state index < -0.39 is 5.82 Å². The minimum atomic E-state index is -0.401. The summed E-state index contributed by atoms with van der Waals surface area (Å²) in [7, 11) is 1.45. The second-order valence-corrected chi connectivity index (χ2v) is 11.0. The Labute approximate surface area is 201 Å². The maximum Gasteiger partial charge on any atom is 0.311 e. The highest BCUT2D eigenvalue weighted by molar-refractivity contribution is 6.07. The predicted octanol–water partition coefficient (Wildman–Crippen LogP) is 6.27. The molecule has 4 fully saturated rings. The standard InChI is InChI=1S/C29H26FNO4/c1-34-26(33)27-15-29(16-27,17-27)28(7-8-28)13-23(32)22-12-20(30)10-19-6-9-31(25(19)22)14-21-11-18-4-2-3-5-24(18)35-21/h2-6,9-12H,7-8,13-17H2,1H3. The lowest BCUT2D eigenvalue weighted by Gasteiger charge is -2.72. The molecule has 0 amide bonds. The van der Waals surface area contributed by atoms with Crippen molar-refractivity contribution in [3.63, 3.8) is 0 Å². The number of ketones is 1. The highest BCUT2D eigenvalue weighted by atomic mass is 19.1. The number of hydrogen-bond donors (Lipinski definition) is 0. The molecule has 5 nitrogen and oxygen atoms in total. The Bertz CT molecular complexity index is 1490. The van der Waals surface area contributed by atoms with E-state index in [1.165, 1.54) is 19.2 Å². The number of Topliss-reactive ketones (excluding diaryl/α,β-unsaturated/α-hetero) is 1. The van der Waals surface area contributed by atoms with Crippen LogP contribution >= 0.6 is 0 Å². The number of nitrogens with zero attached hydrogens (tertiary/aromatic N) is 1. The third-order valence-corrected chi connectivity index (χ3v) is 9.05. The van der Waals surface area contributed by atoms with Crippen LogP contribution in [0.25, 0.3) is 21.9 Å². The molecule has 0 saturated heterocycles. The van der Waals surface area contributed by atoms with Crippen molar-refractivity contribution in [1.82, 2.24) is 4.57 Å². The molecule has 4 aliphatic rings. The van der Waals surface area contributed by atoms with Crippen molar-refractivity contribution in [2.45, 2.75) is 45.1 Å². The van der Waals surface area contributed by atoms with E-state index in [0.717, 1.165) is 54.4 Å². The highest BCUT2D eigenvalue weighted by Gasteiger charge is 2.80. The van der Waals surface area contributed by atoms with Gasteiger partial charge >= 0.3 is 5.97 Å². The van der Waals surface area contributed by atoms with E-state index in [0.29, 0.717) is 23.9 Å². The van der Waals surface area contributed by atoms with Gasteiger partial charge in [-0.3, -0.25) is 9.59 Å². The number of fused-ring (bicyclic) bond motifs is 2. The fourth-order valence-corrected chi connectivity index (χ4v) is 7.17. The number of methoxy groups -OCH3 is 1. The van der Waals surface area contributed by atoms with Gasteiger partial charge < -0.3 is 13.7 Å². The predicted molar refractivity (Wildman–Crippen MR) is 129 cm³/mol. The summed E-state index contributed by atoms with van der Waals surface area (Å²) in [5, 5.41) is 1.74. The second-order valence-electron chi connectivity index (χ2n) is 11.0. The first kappa shape index (κ1) is 20.9. The summed E-state index contributed by atoms with van der Waals surface area (Å²) in [6.45, 7) is 0.459. The number of aromatic nitrogens is 1. The van der Waals surface area contributed by atoms with Crippen molar-refractivity contribution in [1.29, 1.82) is 0 Å². The molecule has 35 heavy (non-hydrogen) atoms. The number of carbonyl (C=O) groups is 2. The molecule has 0 N–H and O–H groups in total. The third kappa shape index (κ3) is 2.85. The molecule has 0 atom stereocenters. The normalized spacial score (nSPS) is 25.8. The third-order valence-electron chi connectivity index (χ3n) is 9.05. The Morgan fingerprint density at radius 2 is 1.83 bits per heavy atom. The smallest absolute Gasteiger partial charge is 0.311 e. The number of esters is 1. The van der Waals surface area contributed by atoms with Crippen LogP contribution in [0.2, 0.25) is 0 Å². The number of furan rings is 1. The Balaban J connectivity index is 1.19. The Hall–Kier alpha value is -3.41. The van der Waals surface area contributed by atoms with Gasteiger partial charge in [0.2, 0.25) is 0 Å². The van der Waals surface area contributed by atoms with Gasteiger partial charge in [0, 0.05) is 29.0 Å². The summed E-state index contributed by atoms with van der Waals surface area (Å²) in [6.07, 6.45) is 6.74. The van der Waals surface area contributed by atoms with E-state index in [9.17, 15) is 14.0 Å². The van der Waals surface area contributed by atoms with Crippen LogP contribution in [0.4, 0.5) is 4.39 Å². The molecular formula is C29H26FNO4. The first-order chi connectivity index (χ1) is 16.9.